The number of hydrogen-bond donors (Lipinski definition) is 2. The van der Waals surface area contributed by atoms with E-state index < -0.39 is 5.60 Å². The van der Waals surface area contributed by atoms with Gasteiger partial charge in [-0.1, -0.05) is 48.0 Å². The van der Waals surface area contributed by atoms with E-state index in [1.165, 1.54) is 0 Å². The van der Waals surface area contributed by atoms with E-state index in [2.05, 4.69) is 0 Å². The van der Waals surface area contributed by atoms with E-state index >= 15 is 0 Å². The summed E-state index contributed by atoms with van der Waals surface area (Å²) in [5.41, 5.74) is 8.22. The summed E-state index contributed by atoms with van der Waals surface area (Å²) in [6.45, 7) is 3.53. The first-order chi connectivity index (χ1) is 8.88. The number of aliphatic hydroxyl groups is 1. The summed E-state index contributed by atoms with van der Waals surface area (Å²) in [7, 11) is 0. The molecule has 1 unspecified atom stereocenters. The van der Waals surface area contributed by atoms with Crippen molar-refractivity contribution in [1.82, 2.24) is 0 Å². The molecule has 0 spiro atoms. The Hall–Kier alpha value is -1.35. The molecule has 1 atom stereocenters. The Bertz CT molecular complexity index is 558. The van der Waals surface area contributed by atoms with Crippen LogP contribution in [0.3, 0.4) is 0 Å². The molecule has 0 saturated heterocycles. The van der Waals surface area contributed by atoms with E-state index in [1.807, 2.05) is 48.5 Å². The second-order valence-electron chi connectivity index (χ2n) is 5.21. The third-order valence-electron chi connectivity index (χ3n) is 3.18. The lowest BCUT2D eigenvalue weighted by atomic mass is 9.92. The summed E-state index contributed by atoms with van der Waals surface area (Å²) < 4.78 is 0. The van der Waals surface area contributed by atoms with Crippen molar-refractivity contribution in [1.29, 1.82) is 0 Å². The average molecular weight is 276 g/mol. The summed E-state index contributed by atoms with van der Waals surface area (Å²) >= 11 is 5.87. The summed E-state index contributed by atoms with van der Waals surface area (Å²) in [5, 5.41) is 10.7. The van der Waals surface area contributed by atoms with Gasteiger partial charge in [0, 0.05) is 5.02 Å². The predicted octanol–water partition coefficient (Wildman–Crippen LogP) is 3.62. The van der Waals surface area contributed by atoms with Crippen molar-refractivity contribution in [3.8, 4) is 0 Å². The molecular formula is C16H18ClNO. The fourth-order valence-electron chi connectivity index (χ4n) is 1.98. The molecule has 0 fully saturated rings. The number of hydrogen-bond acceptors (Lipinski definition) is 2. The molecule has 100 valence electrons. The molecule has 2 aromatic rings. The Kier molecular flexibility index (Phi) is 3.95. The van der Waals surface area contributed by atoms with Gasteiger partial charge in [-0.05, 0) is 42.7 Å². The van der Waals surface area contributed by atoms with E-state index in [9.17, 15) is 5.11 Å². The van der Waals surface area contributed by atoms with E-state index in [-0.39, 0.29) is 6.04 Å². The van der Waals surface area contributed by atoms with E-state index in [0.717, 1.165) is 16.7 Å². The van der Waals surface area contributed by atoms with Crippen LogP contribution in [0.4, 0.5) is 0 Å². The van der Waals surface area contributed by atoms with Crippen molar-refractivity contribution in [3.05, 3.63) is 70.2 Å². The number of benzene rings is 2. The second-order valence-corrected chi connectivity index (χ2v) is 5.65. The molecule has 19 heavy (non-hydrogen) atoms. The van der Waals surface area contributed by atoms with Gasteiger partial charge in [0.15, 0.2) is 0 Å². The van der Waals surface area contributed by atoms with Crippen molar-refractivity contribution in [2.45, 2.75) is 25.5 Å². The normalized spacial score (nSPS) is 13.3. The summed E-state index contributed by atoms with van der Waals surface area (Å²) in [6.07, 6.45) is 0. The van der Waals surface area contributed by atoms with Crippen LogP contribution in [0.5, 0.6) is 0 Å². The molecule has 3 N–H and O–H groups in total. The molecule has 2 rings (SSSR count). The van der Waals surface area contributed by atoms with Crippen LogP contribution in [0, 0.1) is 0 Å². The second kappa shape index (κ2) is 5.33. The summed E-state index contributed by atoms with van der Waals surface area (Å²) in [5.74, 6) is 0. The SMILES string of the molecule is CC(C)(O)c1cccc(C(N)c2ccc(Cl)cc2)c1. The fourth-order valence-corrected chi connectivity index (χ4v) is 2.10. The lowest BCUT2D eigenvalue weighted by Crippen LogP contribution is -2.17. The van der Waals surface area contributed by atoms with Gasteiger partial charge in [0.2, 0.25) is 0 Å². The van der Waals surface area contributed by atoms with E-state index in [4.69, 9.17) is 17.3 Å². The molecule has 0 radical (unpaired) electrons. The standard InChI is InChI=1S/C16H18ClNO/c1-16(2,19)13-5-3-4-12(10-13)15(18)11-6-8-14(17)9-7-11/h3-10,15,19H,18H2,1-2H3. The van der Waals surface area contributed by atoms with Crippen LogP contribution >= 0.6 is 11.6 Å². The third kappa shape index (κ3) is 3.35. The van der Waals surface area contributed by atoms with Crippen LogP contribution in [-0.4, -0.2) is 5.11 Å². The van der Waals surface area contributed by atoms with Crippen molar-refractivity contribution in [2.75, 3.05) is 0 Å². The van der Waals surface area contributed by atoms with Crippen LogP contribution in [0.2, 0.25) is 5.02 Å². The molecule has 2 nitrogen and oxygen atoms in total. The first-order valence-corrected chi connectivity index (χ1v) is 6.59. The highest BCUT2D eigenvalue weighted by Crippen LogP contribution is 2.26. The Balaban J connectivity index is 2.34. The molecule has 0 bridgehead atoms. The molecule has 2 aromatic carbocycles. The van der Waals surface area contributed by atoms with Gasteiger partial charge < -0.3 is 10.8 Å². The molecule has 0 aliphatic carbocycles. The van der Waals surface area contributed by atoms with Gasteiger partial charge in [-0.3, -0.25) is 0 Å². The minimum atomic E-state index is -0.865. The third-order valence-corrected chi connectivity index (χ3v) is 3.43. The van der Waals surface area contributed by atoms with E-state index in [1.54, 1.807) is 13.8 Å². The van der Waals surface area contributed by atoms with Gasteiger partial charge in [-0.25, -0.2) is 0 Å². The van der Waals surface area contributed by atoms with E-state index in [0.29, 0.717) is 5.02 Å². The number of rotatable bonds is 3. The highest BCUT2D eigenvalue weighted by atomic mass is 35.5. The van der Waals surface area contributed by atoms with Crippen LogP contribution < -0.4 is 5.73 Å². The van der Waals surface area contributed by atoms with Crippen molar-refractivity contribution in [2.24, 2.45) is 5.73 Å². The van der Waals surface area contributed by atoms with Crippen LogP contribution in [0.1, 0.15) is 36.6 Å². The first-order valence-electron chi connectivity index (χ1n) is 6.22. The number of halogens is 1. The highest BCUT2D eigenvalue weighted by molar-refractivity contribution is 6.30. The maximum absolute atomic E-state index is 10.0. The highest BCUT2D eigenvalue weighted by Gasteiger charge is 2.17. The summed E-state index contributed by atoms with van der Waals surface area (Å²) in [4.78, 5) is 0. The van der Waals surface area contributed by atoms with Crippen LogP contribution in [0.15, 0.2) is 48.5 Å². The van der Waals surface area contributed by atoms with Crippen molar-refractivity contribution in [3.63, 3.8) is 0 Å². The molecule has 0 aromatic heterocycles. The lowest BCUT2D eigenvalue weighted by molar-refractivity contribution is 0.0785. The number of nitrogens with two attached hydrogens (primary N) is 1. The van der Waals surface area contributed by atoms with Crippen LogP contribution in [0.25, 0.3) is 0 Å². The summed E-state index contributed by atoms with van der Waals surface area (Å²) in [6, 6.07) is 15.0. The molecule has 3 heteroatoms. The van der Waals surface area contributed by atoms with Gasteiger partial charge >= 0.3 is 0 Å². The maximum atomic E-state index is 10.0. The predicted molar refractivity (Wildman–Crippen MR) is 79.2 cm³/mol. The van der Waals surface area contributed by atoms with Gasteiger partial charge in [0.1, 0.15) is 0 Å². The largest absolute Gasteiger partial charge is 0.386 e. The zero-order valence-corrected chi connectivity index (χ0v) is 11.9. The zero-order chi connectivity index (χ0) is 14.0. The molecule has 0 aliphatic heterocycles. The molecule has 0 aliphatic rings. The molecular weight excluding hydrogens is 258 g/mol. The Morgan fingerprint density at radius 1 is 1.05 bits per heavy atom. The first kappa shape index (κ1) is 14.1. The minimum Gasteiger partial charge on any atom is -0.386 e. The van der Waals surface area contributed by atoms with Crippen molar-refractivity contribution < 1.29 is 5.11 Å². The van der Waals surface area contributed by atoms with Gasteiger partial charge in [-0.15, -0.1) is 0 Å². The Labute approximate surface area is 118 Å². The van der Waals surface area contributed by atoms with Gasteiger partial charge in [0.25, 0.3) is 0 Å². The smallest absolute Gasteiger partial charge is 0.0840 e. The maximum Gasteiger partial charge on any atom is 0.0840 e. The van der Waals surface area contributed by atoms with Gasteiger partial charge in [-0.2, -0.15) is 0 Å². The molecule has 0 amide bonds. The average Bonchev–Trinajstić information content (AvgIpc) is 2.38. The van der Waals surface area contributed by atoms with Crippen molar-refractivity contribution >= 4 is 11.6 Å². The monoisotopic (exact) mass is 275 g/mol. The topological polar surface area (TPSA) is 46.2 Å². The van der Waals surface area contributed by atoms with Crippen LogP contribution in [-0.2, 0) is 5.60 Å². The quantitative estimate of drug-likeness (QED) is 0.899. The fraction of sp³-hybridized carbons (Fsp3) is 0.250. The minimum absolute atomic E-state index is 0.223. The zero-order valence-electron chi connectivity index (χ0n) is 11.1. The Morgan fingerprint density at radius 3 is 2.26 bits per heavy atom. The Morgan fingerprint density at radius 2 is 1.68 bits per heavy atom. The molecule has 0 heterocycles. The van der Waals surface area contributed by atoms with Gasteiger partial charge in [0.05, 0.1) is 11.6 Å². The lowest BCUT2D eigenvalue weighted by Gasteiger charge is -2.20. The molecule has 0 saturated carbocycles.